The molecule has 4 fully saturated rings. The molecular formula is C81H105F5N10O16. The lowest BCUT2D eigenvalue weighted by molar-refractivity contribution is -0.152. The van der Waals surface area contributed by atoms with Gasteiger partial charge in [0.15, 0.2) is 25.1 Å². The molecule has 2 aromatic heterocycles. The number of carbonyl (C=O) groups is 8. The van der Waals surface area contributed by atoms with E-state index in [1.807, 2.05) is 0 Å². The molecule has 610 valence electrons. The van der Waals surface area contributed by atoms with E-state index in [-0.39, 0.29) is 114 Å². The maximum Gasteiger partial charge on any atom is 0.408 e. The predicted octanol–water partition coefficient (Wildman–Crippen LogP) is 13.4. The van der Waals surface area contributed by atoms with Gasteiger partial charge >= 0.3 is 36.1 Å². The van der Waals surface area contributed by atoms with Crippen molar-refractivity contribution in [3.8, 4) is 0 Å². The highest BCUT2D eigenvalue weighted by Gasteiger charge is 2.45. The summed E-state index contributed by atoms with van der Waals surface area (Å²) in [7, 11) is 5.21. The molecule has 0 spiro atoms. The number of methoxy groups -OCH3 is 4. The summed E-state index contributed by atoms with van der Waals surface area (Å²) >= 11 is 0. The number of anilines is 2. The minimum atomic E-state index is -1.26. The number of amides is 4. The molecule has 6 aromatic rings. The predicted molar refractivity (Wildman–Crippen MR) is 402 cm³/mol. The second-order valence-corrected chi connectivity index (χ2v) is 32.1. The molecule has 4 amide bonds. The third-order valence-corrected chi connectivity index (χ3v) is 21.6. The van der Waals surface area contributed by atoms with Crippen LogP contribution in [0.2, 0.25) is 0 Å². The maximum absolute atomic E-state index is 18.3. The van der Waals surface area contributed by atoms with Crippen LogP contribution in [0.1, 0.15) is 206 Å². The molecule has 31 heteroatoms. The van der Waals surface area contributed by atoms with Gasteiger partial charge in [-0.1, -0.05) is 39.8 Å². The van der Waals surface area contributed by atoms with Gasteiger partial charge in [-0.25, -0.2) is 51.1 Å². The molecule has 6 heterocycles. The van der Waals surface area contributed by atoms with Crippen molar-refractivity contribution < 1.29 is 98.2 Å². The van der Waals surface area contributed by atoms with E-state index in [2.05, 4.69) is 10.6 Å². The molecule has 0 saturated carbocycles. The molecule has 4 aromatic carbocycles. The summed E-state index contributed by atoms with van der Waals surface area (Å²) in [5.41, 5.74) is -1.21. The molecule has 0 unspecified atom stereocenters. The highest BCUT2D eigenvalue weighted by atomic mass is 19.1. The number of alkyl carbamates (subject to hydrolysis) is 2. The second-order valence-electron chi connectivity index (χ2n) is 32.1. The Morgan fingerprint density at radius 3 is 1.35 bits per heavy atom. The van der Waals surface area contributed by atoms with Crippen LogP contribution in [-0.4, -0.2) is 167 Å². The number of ether oxygens (including phenoxy) is 8. The summed E-state index contributed by atoms with van der Waals surface area (Å²) in [6.45, 7) is 19.5. The van der Waals surface area contributed by atoms with E-state index in [1.165, 1.54) is 77.7 Å². The third-order valence-electron chi connectivity index (χ3n) is 21.6. The van der Waals surface area contributed by atoms with Crippen LogP contribution < -0.4 is 20.4 Å². The lowest BCUT2D eigenvalue weighted by atomic mass is 9.89. The van der Waals surface area contributed by atoms with Crippen LogP contribution in [-0.2, 0) is 80.1 Å². The number of hydrogen-bond acceptors (Lipinski definition) is 20. The summed E-state index contributed by atoms with van der Waals surface area (Å²) in [6.07, 6.45) is -1.59. The number of aromatic nitrogens is 4. The molecule has 2 N–H and O–H groups in total. The van der Waals surface area contributed by atoms with Crippen LogP contribution in [0.4, 0.5) is 42.9 Å². The van der Waals surface area contributed by atoms with Crippen molar-refractivity contribution >= 4 is 81.3 Å². The first-order valence-corrected chi connectivity index (χ1v) is 38.2. The average Bonchev–Trinajstić information content (AvgIpc) is 1.58. The molecule has 0 radical (unpaired) electrons. The molecule has 10 rings (SSSR count). The number of benzene rings is 4. The van der Waals surface area contributed by atoms with Gasteiger partial charge in [0.2, 0.25) is 11.8 Å². The normalized spacial score (nSPS) is 19.4. The van der Waals surface area contributed by atoms with Gasteiger partial charge in [0.1, 0.15) is 58.1 Å². The zero-order valence-corrected chi connectivity index (χ0v) is 66.6. The van der Waals surface area contributed by atoms with Crippen molar-refractivity contribution in [2.45, 2.75) is 226 Å². The quantitative estimate of drug-likeness (QED) is 0.0275. The van der Waals surface area contributed by atoms with Gasteiger partial charge in [0, 0.05) is 69.3 Å². The van der Waals surface area contributed by atoms with E-state index in [4.69, 9.17) is 47.9 Å². The van der Waals surface area contributed by atoms with Crippen LogP contribution in [0.25, 0.3) is 22.1 Å². The number of fused-ring (bicyclic) bond motifs is 2. The minimum absolute atomic E-state index is 0.00179. The Bertz CT molecular complexity index is 4410. The third kappa shape index (κ3) is 19.2. The minimum Gasteiger partial charge on any atom is -0.469 e. The van der Waals surface area contributed by atoms with E-state index >= 15 is 17.6 Å². The van der Waals surface area contributed by atoms with Gasteiger partial charge < -0.3 is 68.1 Å². The molecule has 10 atom stereocenters. The lowest BCUT2D eigenvalue weighted by Crippen LogP contribution is -2.47. The summed E-state index contributed by atoms with van der Waals surface area (Å²) in [6, 6.07) is 6.94. The molecule has 0 aliphatic carbocycles. The van der Waals surface area contributed by atoms with E-state index < -0.39 is 174 Å². The number of nitrogens with one attached hydrogen (secondary N) is 2. The fraction of sp³-hybridized carbons (Fsp3) is 0.580. The maximum atomic E-state index is 18.3. The highest BCUT2D eigenvalue weighted by Crippen LogP contribution is 2.51. The SMILES string of the molecule is COC(=O)C[C@H](C(=O)N1CCC[C@H]1c1nc2cc([C@H]3CC[C@H](c4cc5c(cc4F)nc([C@@H]4CCCN4C(=O)[C@@H](CC(=O)OC)[C@@H](C)OC)n5COC(=O)[C@@H](NC(=O)OC(C)(C)C)C(C)C)N3c3cc(F)c(N4CCC(c5ccc(F)cc5)CC4)c(F)c3)c(F)cc2n1COC(=O)[C@@H](NC(=O)OC(C)(C)C)C(C)C)[C@@H](C)OC. The molecule has 4 aliphatic heterocycles. The topological polar surface area (TPSA) is 283 Å². The van der Waals surface area contributed by atoms with Gasteiger partial charge in [0.05, 0.1) is 97.3 Å². The summed E-state index contributed by atoms with van der Waals surface area (Å²) in [4.78, 5) is 127. The largest absolute Gasteiger partial charge is 0.469 e. The van der Waals surface area contributed by atoms with E-state index in [9.17, 15) is 42.7 Å². The Morgan fingerprint density at radius 1 is 0.509 bits per heavy atom. The first-order valence-electron chi connectivity index (χ1n) is 38.2. The van der Waals surface area contributed by atoms with E-state index in [0.29, 0.717) is 38.5 Å². The summed E-state index contributed by atoms with van der Waals surface area (Å²) in [5.74, 6) is -11.1. The number of carbonyl (C=O) groups excluding carboxylic acids is 8. The number of esters is 4. The first-order chi connectivity index (χ1) is 52.9. The smallest absolute Gasteiger partial charge is 0.408 e. The zero-order valence-electron chi connectivity index (χ0n) is 66.6. The van der Waals surface area contributed by atoms with Crippen molar-refractivity contribution in [3.63, 3.8) is 0 Å². The van der Waals surface area contributed by atoms with Crippen molar-refractivity contribution in [3.05, 3.63) is 118 Å². The Morgan fingerprint density at radius 2 is 0.929 bits per heavy atom. The first kappa shape index (κ1) is 84.8. The second kappa shape index (κ2) is 35.6. The molecule has 4 aliphatic rings. The average molecular weight is 1570 g/mol. The van der Waals surface area contributed by atoms with Crippen LogP contribution in [0.5, 0.6) is 0 Å². The number of hydrogen-bond donors (Lipinski definition) is 2. The van der Waals surface area contributed by atoms with Crippen LogP contribution >= 0.6 is 0 Å². The Labute approximate surface area is 648 Å². The number of halogens is 5. The zero-order chi connectivity index (χ0) is 81.7. The van der Waals surface area contributed by atoms with Crippen LogP contribution in [0, 0.1) is 52.8 Å². The highest BCUT2D eigenvalue weighted by molar-refractivity contribution is 5.87. The number of likely N-dealkylation sites (tertiary alicyclic amines) is 2. The van der Waals surface area contributed by atoms with E-state index in [0.717, 1.165) is 23.8 Å². The van der Waals surface area contributed by atoms with Gasteiger partial charge in [-0.15, -0.1) is 0 Å². The number of rotatable bonds is 27. The Hall–Kier alpha value is -9.65. The fourth-order valence-corrected chi connectivity index (χ4v) is 15.7. The monoisotopic (exact) mass is 1570 g/mol. The number of piperidine rings is 1. The van der Waals surface area contributed by atoms with Gasteiger partial charge in [-0.2, -0.15) is 0 Å². The number of imidazole rings is 2. The van der Waals surface area contributed by atoms with E-state index in [1.54, 1.807) is 105 Å². The molecule has 112 heavy (non-hydrogen) atoms. The Kier molecular flexibility index (Phi) is 26.9. The number of nitrogens with zero attached hydrogens (tertiary/aromatic N) is 8. The van der Waals surface area contributed by atoms with Crippen molar-refractivity contribution in [1.82, 2.24) is 39.5 Å². The molecule has 0 bridgehead atoms. The van der Waals surface area contributed by atoms with Gasteiger partial charge in [-0.05, 0) is 166 Å². The standard InChI is InChI=1S/C81H105F5N10O16/c1-43(2)69(89-78(103)111-80(7,8)9)76(101)109-41-94-65-36-54(55(83)39-60(65)88-73(94)64-20-18-30-93(64)75(100)52(46(6)106-14)38-68(98)108-16)62-26-25-61(96(62)50-33-57(85)71(58(86)34-50)91-31-27-48(28-32-91)47-21-23-49(82)24-22-47)53-35-59-66(40-56(53)84)95(42-110-77(102)70(44(3)4)90-79(104)112-81(10,11)12)72(87-59)63-19-17-29-92(63)74(99)51(45(5)105-13)37-67(97)107-15/h21-24,33-36,39-40,43-46,48,51-52,61-64,69-70H,17-20,25-32,37-38,41-42H2,1-16H3,(H,89,103)(H,90,104)/t45-,46-,51+,52+,61-,62-,63+,64+,69+,70+/m1/s1. The molecular weight excluding hydrogens is 1460 g/mol. The van der Waals surface area contributed by atoms with Gasteiger partial charge in [-0.3, -0.25) is 28.3 Å². The molecule has 4 saturated heterocycles. The van der Waals surface area contributed by atoms with Crippen molar-refractivity contribution in [2.24, 2.45) is 23.7 Å². The van der Waals surface area contributed by atoms with Crippen molar-refractivity contribution in [1.29, 1.82) is 0 Å². The van der Waals surface area contributed by atoms with Crippen LogP contribution in [0.15, 0.2) is 60.7 Å². The summed E-state index contributed by atoms with van der Waals surface area (Å²) in [5, 5.41) is 5.20. The fourth-order valence-electron chi connectivity index (χ4n) is 15.7. The van der Waals surface area contributed by atoms with Crippen molar-refractivity contribution in [2.75, 3.05) is 64.4 Å². The van der Waals surface area contributed by atoms with Gasteiger partial charge in [0.25, 0.3) is 0 Å². The van der Waals surface area contributed by atoms with Crippen LogP contribution in [0.3, 0.4) is 0 Å². The molecule has 26 nitrogen and oxygen atoms in total. The summed E-state index contributed by atoms with van der Waals surface area (Å²) < 4.78 is 133. The lowest BCUT2D eigenvalue weighted by Gasteiger charge is -2.36. The Balaban J connectivity index is 1.12.